The summed E-state index contributed by atoms with van der Waals surface area (Å²) in [6.07, 6.45) is 0. The predicted octanol–water partition coefficient (Wildman–Crippen LogP) is 2.55. The van der Waals surface area contributed by atoms with Gasteiger partial charge in [0.15, 0.2) is 0 Å². The van der Waals surface area contributed by atoms with Gasteiger partial charge in [0.05, 0.1) is 0 Å². The Bertz CT molecular complexity index is 19.1. The molecule has 0 aliphatic heterocycles. The van der Waals surface area contributed by atoms with Crippen LogP contribution in [0, 0.1) is 0 Å². The molecule has 0 bridgehead atoms. The molecule has 0 amide bonds. The number of halogens is 4. The van der Waals surface area contributed by atoms with E-state index in [-0.39, 0.29) is 0 Å². The van der Waals surface area contributed by atoms with Crippen LogP contribution < -0.4 is 0 Å². The van der Waals surface area contributed by atoms with Crippen molar-refractivity contribution in [1.29, 1.82) is 0 Å². The van der Waals surface area contributed by atoms with Crippen molar-refractivity contribution in [3.8, 4) is 0 Å². The van der Waals surface area contributed by atoms with Crippen LogP contribution in [0.3, 0.4) is 0 Å². The molecule has 0 atom stereocenters. The van der Waals surface area contributed by atoms with Crippen LogP contribution >= 0.6 is 46.4 Å². The minimum absolute atomic E-state index is 1.61. The van der Waals surface area contributed by atoms with E-state index < -0.39 is 3.25 Å². The Kier molecular flexibility index (Phi) is 2.15. The summed E-state index contributed by atoms with van der Waals surface area (Å²) in [5.74, 6) is 0. The maximum Gasteiger partial charge on any atom is 0.266 e. The smallest absolute Gasteiger partial charge is 0.0664 e. The molecule has 0 fully saturated rings. The molecule has 5 heavy (non-hydrogen) atoms. The lowest BCUT2D eigenvalue weighted by Gasteiger charge is -1.91. The van der Waals surface area contributed by atoms with E-state index in [2.05, 4.69) is 0 Å². The predicted molar refractivity (Wildman–Crippen MR) is 26.1 cm³/mol. The van der Waals surface area contributed by atoms with E-state index in [1.54, 1.807) is 0 Å². The van der Waals surface area contributed by atoms with Gasteiger partial charge in [-0.25, -0.2) is 0 Å². The summed E-state index contributed by atoms with van der Waals surface area (Å²) in [7, 11) is 0. The van der Waals surface area contributed by atoms with Crippen LogP contribution in [-0.2, 0) is 0 Å². The van der Waals surface area contributed by atoms with Gasteiger partial charge >= 0.3 is 0 Å². The molecule has 0 nitrogen and oxygen atoms in total. The van der Waals surface area contributed by atoms with Gasteiger partial charge in [0, 0.05) is 0 Å². The average molecular weight is 160 g/mol. The second kappa shape index (κ2) is 1.74. The highest BCUT2D eigenvalue weighted by molar-refractivity contribution is 6.83. The Hall–Kier alpha value is 1.16. The topological polar surface area (TPSA) is 0 Å². The molecule has 0 saturated carbocycles. The van der Waals surface area contributed by atoms with E-state index in [4.69, 9.17) is 46.4 Å². The first-order valence-corrected chi connectivity index (χ1v) is 2.27. The monoisotopic (exact) mass is 160 g/mol. The van der Waals surface area contributed by atoms with Crippen LogP contribution in [0.4, 0.5) is 0 Å². The lowest BCUT2D eigenvalue weighted by molar-refractivity contribution is 1.76. The maximum absolute atomic E-state index is 4.83. The van der Waals surface area contributed by atoms with Crippen molar-refractivity contribution in [2.24, 2.45) is 0 Å². The number of hydrogen-bond donors (Lipinski definition) is 0. The molecule has 0 aromatic carbocycles. The van der Waals surface area contributed by atoms with Gasteiger partial charge in [0.25, 0.3) is 3.25 Å². The molecule has 4 heteroatoms. The first kappa shape index (κ1) is 6.16. The Morgan fingerprint density at radius 2 is 0.800 bits per heavy atom. The fourth-order valence-electron chi connectivity index (χ4n) is 0. The fourth-order valence-corrected chi connectivity index (χ4v) is 0. The summed E-state index contributed by atoms with van der Waals surface area (Å²) in [5, 5.41) is 0. The quantitative estimate of drug-likeness (QED) is 0.477. The van der Waals surface area contributed by atoms with E-state index in [0.717, 1.165) is 0 Å². The van der Waals surface area contributed by atoms with Gasteiger partial charge in [-0.2, -0.15) is 0 Å². The van der Waals surface area contributed by atoms with Crippen molar-refractivity contribution in [3.05, 3.63) is 0 Å². The fraction of sp³-hybridized carbons (Fsp3) is 1.00. The lowest BCUT2D eigenvalue weighted by Crippen LogP contribution is -1.81. The number of rotatable bonds is 0. The van der Waals surface area contributed by atoms with E-state index in [0.29, 0.717) is 0 Å². The van der Waals surface area contributed by atoms with Crippen molar-refractivity contribution < 1.29 is 0 Å². The van der Waals surface area contributed by atoms with Gasteiger partial charge in [-0.15, -0.1) is 0 Å². The van der Waals surface area contributed by atoms with Crippen LogP contribution in [0.5, 0.6) is 0 Å². The van der Waals surface area contributed by atoms with Crippen LogP contribution in [0.25, 0.3) is 0 Å². The largest absolute Gasteiger partial charge is 0.266 e. The molecule has 0 heterocycles. The Morgan fingerprint density at radius 3 is 0.800 bits per heavy atom. The van der Waals surface area contributed by atoms with Crippen molar-refractivity contribution in [2.45, 2.75) is 3.25 Å². The van der Waals surface area contributed by atoms with Crippen molar-refractivity contribution in [2.75, 3.05) is 0 Å². The summed E-state index contributed by atoms with van der Waals surface area (Å²) in [6, 6.07) is 0. The van der Waals surface area contributed by atoms with Gasteiger partial charge in [0.1, 0.15) is 0 Å². The van der Waals surface area contributed by atoms with Gasteiger partial charge in [-0.1, -0.05) is 46.4 Å². The van der Waals surface area contributed by atoms with Gasteiger partial charge in [-0.05, 0) is 0 Å². The molecule has 0 spiro atoms. The first-order valence-electron chi connectivity index (χ1n) is 0.756. The van der Waals surface area contributed by atoms with Gasteiger partial charge in [-0.3, -0.25) is 0 Å². The van der Waals surface area contributed by atoms with E-state index in [9.17, 15) is 0 Å². The SMILES string of the molecule is [37Cl]C([37Cl])([37Cl])[37Cl]. The highest BCUT2D eigenvalue weighted by atomic mass is 37.1. The number of alkyl halides is 4. The standard InChI is InChI=1S/CCl4/c2-1(3,4)5/i2+2,3+2,4+2,5+2. The zero-order valence-electron chi connectivity index (χ0n) is 2.01. The second-order valence-electron chi connectivity index (χ2n) is 0.429. The minimum Gasteiger partial charge on any atom is -0.0664 e. The van der Waals surface area contributed by atoms with E-state index in [1.807, 2.05) is 0 Å². The molecule has 0 aromatic heterocycles. The molecule has 32 valence electrons. The third kappa shape index (κ3) is 38.3. The number of hydrogen-bond acceptors (Lipinski definition) is 0. The highest BCUT2D eigenvalue weighted by Crippen LogP contribution is 2.29. The Morgan fingerprint density at radius 1 is 0.800 bits per heavy atom. The third-order valence-electron chi connectivity index (χ3n) is 0. The average Bonchev–Trinajstić information content (AvgIpc) is 0.722. The molecule has 0 aromatic rings. The Labute approximate surface area is 50.0 Å². The molecule has 0 rings (SSSR count). The van der Waals surface area contributed by atoms with Crippen LogP contribution in [0.15, 0.2) is 0 Å². The van der Waals surface area contributed by atoms with Crippen LogP contribution in [0.2, 0.25) is 0 Å². The minimum atomic E-state index is -1.61. The summed E-state index contributed by atoms with van der Waals surface area (Å²) < 4.78 is -1.61. The van der Waals surface area contributed by atoms with Gasteiger partial charge in [0.2, 0.25) is 0 Å². The molecular formula is CCl4. The molecule has 0 aliphatic rings. The molecule has 0 N–H and O–H groups in total. The zero-order chi connectivity index (χ0) is 4.50. The zero-order valence-corrected chi connectivity index (χ0v) is 5.04. The molecule has 0 radical (unpaired) electrons. The maximum atomic E-state index is 4.83. The van der Waals surface area contributed by atoms with Crippen molar-refractivity contribution >= 4 is 46.4 Å². The molecule has 0 unspecified atom stereocenters. The summed E-state index contributed by atoms with van der Waals surface area (Å²) in [5.41, 5.74) is 0. The molecule has 0 aliphatic carbocycles. The van der Waals surface area contributed by atoms with Crippen LogP contribution in [0.1, 0.15) is 0 Å². The summed E-state index contributed by atoms with van der Waals surface area (Å²) in [4.78, 5) is 0. The van der Waals surface area contributed by atoms with E-state index in [1.165, 1.54) is 0 Å². The lowest BCUT2D eigenvalue weighted by atomic mass is 11.9. The Balaban J connectivity index is 3.02. The summed E-state index contributed by atoms with van der Waals surface area (Å²) >= 11 is 19.3. The van der Waals surface area contributed by atoms with Crippen molar-refractivity contribution in [3.63, 3.8) is 0 Å². The first-order chi connectivity index (χ1) is 2.00. The third-order valence-corrected chi connectivity index (χ3v) is 0. The normalized spacial score (nSPS) is 12.0. The van der Waals surface area contributed by atoms with E-state index >= 15 is 0 Å². The summed E-state index contributed by atoms with van der Waals surface area (Å²) in [6.45, 7) is 0. The molecule has 0 saturated heterocycles. The highest BCUT2D eigenvalue weighted by Gasteiger charge is 2.11. The van der Waals surface area contributed by atoms with Crippen LogP contribution in [-0.4, -0.2) is 3.25 Å². The van der Waals surface area contributed by atoms with Gasteiger partial charge < -0.3 is 0 Å². The second-order valence-corrected chi connectivity index (χ2v) is 3.86. The molecular weight excluding hydrogens is 160 g/mol. The van der Waals surface area contributed by atoms with Crippen molar-refractivity contribution in [1.82, 2.24) is 0 Å².